The van der Waals surface area contributed by atoms with Crippen LogP contribution in [-0.4, -0.2) is 16.1 Å². The van der Waals surface area contributed by atoms with E-state index in [2.05, 4.69) is 47.8 Å². The summed E-state index contributed by atoms with van der Waals surface area (Å²) in [5, 5.41) is 4.45. The van der Waals surface area contributed by atoms with Gasteiger partial charge in [-0.3, -0.25) is 0 Å². The van der Waals surface area contributed by atoms with Gasteiger partial charge in [0, 0.05) is 36.4 Å². The van der Waals surface area contributed by atoms with Crippen LogP contribution in [0.25, 0.3) is 0 Å². The maximum atomic E-state index is 6.14. The quantitative estimate of drug-likeness (QED) is 0.833. The van der Waals surface area contributed by atoms with E-state index in [0.29, 0.717) is 0 Å². The number of hydrogen-bond acceptors (Lipinski definition) is 2. The molecule has 0 spiro atoms. The van der Waals surface area contributed by atoms with E-state index in [-0.39, 0.29) is 6.04 Å². The Morgan fingerprint density at radius 1 is 1.33 bits per heavy atom. The molecule has 2 aromatic rings. The van der Waals surface area contributed by atoms with Gasteiger partial charge in [0.25, 0.3) is 0 Å². The summed E-state index contributed by atoms with van der Waals surface area (Å²) < 4.78 is 2.20. The van der Waals surface area contributed by atoms with Crippen molar-refractivity contribution in [2.45, 2.75) is 46.2 Å². The molecule has 0 aliphatic heterocycles. The van der Waals surface area contributed by atoms with Crippen molar-refractivity contribution < 1.29 is 0 Å². The summed E-state index contributed by atoms with van der Waals surface area (Å²) in [5.74, 6) is 1.12. The fraction of sp³-hybridized carbons (Fsp3) is 0.471. The van der Waals surface area contributed by atoms with E-state index >= 15 is 0 Å². The summed E-state index contributed by atoms with van der Waals surface area (Å²) in [6.07, 6.45) is 5.93. The molecule has 1 aromatic heterocycles. The van der Waals surface area contributed by atoms with Crippen molar-refractivity contribution in [3.8, 4) is 0 Å². The van der Waals surface area contributed by atoms with Gasteiger partial charge in [-0.05, 0) is 44.0 Å². The predicted molar refractivity (Wildman–Crippen MR) is 88.8 cm³/mol. The number of nitrogens with one attached hydrogen (secondary N) is 1. The minimum atomic E-state index is 0.272. The Bertz CT molecular complexity index is 577. The smallest absolute Gasteiger partial charge is 0.110 e. The fourth-order valence-corrected chi connectivity index (χ4v) is 2.63. The van der Waals surface area contributed by atoms with Gasteiger partial charge in [-0.2, -0.15) is 0 Å². The zero-order chi connectivity index (χ0) is 15.2. The molecular weight excluding hydrogens is 282 g/mol. The van der Waals surface area contributed by atoms with Gasteiger partial charge in [0.2, 0.25) is 0 Å². The molecule has 114 valence electrons. The van der Waals surface area contributed by atoms with Crippen molar-refractivity contribution >= 4 is 11.6 Å². The molecule has 0 saturated heterocycles. The summed E-state index contributed by atoms with van der Waals surface area (Å²) in [7, 11) is 0. The molecular formula is C17H24ClN3. The molecule has 0 aliphatic rings. The Morgan fingerprint density at radius 2 is 2.14 bits per heavy atom. The Balaban J connectivity index is 2.23. The average molecular weight is 306 g/mol. The summed E-state index contributed by atoms with van der Waals surface area (Å²) in [5.41, 5.74) is 2.40. The number of hydrogen-bond donors (Lipinski definition) is 1. The number of aromatic nitrogens is 2. The number of benzene rings is 1. The zero-order valence-corrected chi connectivity index (χ0v) is 13.8. The fourth-order valence-electron chi connectivity index (χ4n) is 2.51. The van der Waals surface area contributed by atoms with E-state index in [4.69, 9.17) is 11.6 Å². The van der Waals surface area contributed by atoms with Crippen molar-refractivity contribution in [2.24, 2.45) is 0 Å². The zero-order valence-electron chi connectivity index (χ0n) is 13.1. The molecule has 2 rings (SSSR count). The molecule has 0 aliphatic carbocycles. The minimum Gasteiger partial charge on any atom is -0.335 e. The van der Waals surface area contributed by atoms with Gasteiger partial charge in [-0.25, -0.2) is 4.98 Å². The topological polar surface area (TPSA) is 29.9 Å². The third-order valence-corrected chi connectivity index (χ3v) is 4.18. The third-order valence-electron chi connectivity index (χ3n) is 3.75. The van der Waals surface area contributed by atoms with E-state index in [1.165, 1.54) is 5.56 Å². The summed E-state index contributed by atoms with van der Waals surface area (Å²) >= 11 is 6.14. The molecule has 0 fully saturated rings. The molecule has 0 radical (unpaired) electrons. The number of rotatable bonds is 7. The first-order valence-electron chi connectivity index (χ1n) is 7.65. The van der Waals surface area contributed by atoms with E-state index in [0.717, 1.165) is 42.3 Å². The monoisotopic (exact) mass is 305 g/mol. The molecule has 0 amide bonds. The highest BCUT2D eigenvalue weighted by molar-refractivity contribution is 6.31. The van der Waals surface area contributed by atoms with Crippen LogP contribution < -0.4 is 5.32 Å². The Morgan fingerprint density at radius 3 is 2.81 bits per heavy atom. The molecule has 1 aromatic carbocycles. The number of nitrogens with zero attached hydrogens (tertiary/aromatic N) is 2. The van der Waals surface area contributed by atoms with Gasteiger partial charge < -0.3 is 9.88 Å². The second kappa shape index (κ2) is 7.62. The van der Waals surface area contributed by atoms with E-state index in [9.17, 15) is 0 Å². The van der Waals surface area contributed by atoms with Crippen molar-refractivity contribution in [2.75, 3.05) is 6.54 Å². The molecule has 3 nitrogen and oxygen atoms in total. The van der Waals surface area contributed by atoms with Crippen molar-refractivity contribution in [1.82, 2.24) is 14.9 Å². The molecule has 0 bridgehead atoms. The molecule has 4 heteroatoms. The first kappa shape index (κ1) is 16.1. The van der Waals surface area contributed by atoms with E-state index < -0.39 is 0 Å². The van der Waals surface area contributed by atoms with Crippen LogP contribution in [-0.2, 0) is 13.0 Å². The highest BCUT2D eigenvalue weighted by Gasteiger charge is 2.15. The summed E-state index contributed by atoms with van der Waals surface area (Å²) in [4.78, 5) is 4.50. The highest BCUT2D eigenvalue weighted by atomic mass is 35.5. The maximum Gasteiger partial charge on any atom is 0.110 e. The SMILES string of the molecule is CCCNC(Cc1nccn1CC)c1ccc(Cl)c(C)c1. The third kappa shape index (κ3) is 4.08. The van der Waals surface area contributed by atoms with Crippen LogP contribution in [0, 0.1) is 6.92 Å². The predicted octanol–water partition coefficient (Wildman–Crippen LogP) is 4.15. The standard InChI is InChI=1S/C17H24ClN3/c1-4-8-19-16(12-17-20-9-10-21(17)5-2)14-6-7-15(18)13(3)11-14/h6-7,9-11,16,19H,4-5,8,12H2,1-3H3. The van der Waals surface area contributed by atoms with Gasteiger partial charge in [0.1, 0.15) is 5.82 Å². The summed E-state index contributed by atoms with van der Waals surface area (Å²) in [6.45, 7) is 8.33. The van der Waals surface area contributed by atoms with Crippen LogP contribution in [0.2, 0.25) is 5.02 Å². The van der Waals surface area contributed by atoms with Crippen LogP contribution >= 0.6 is 11.6 Å². The second-order valence-corrected chi connectivity index (χ2v) is 5.76. The van der Waals surface area contributed by atoms with Crippen LogP contribution in [0.5, 0.6) is 0 Å². The highest BCUT2D eigenvalue weighted by Crippen LogP contribution is 2.23. The van der Waals surface area contributed by atoms with E-state index in [1.54, 1.807) is 0 Å². The van der Waals surface area contributed by atoms with Crippen LogP contribution in [0.3, 0.4) is 0 Å². The van der Waals surface area contributed by atoms with Gasteiger partial charge in [0.15, 0.2) is 0 Å². The Kier molecular flexibility index (Phi) is 5.83. The Labute approximate surface area is 132 Å². The normalized spacial score (nSPS) is 12.6. The average Bonchev–Trinajstić information content (AvgIpc) is 2.93. The first-order valence-corrected chi connectivity index (χ1v) is 8.03. The van der Waals surface area contributed by atoms with Gasteiger partial charge >= 0.3 is 0 Å². The van der Waals surface area contributed by atoms with Crippen molar-refractivity contribution in [3.05, 3.63) is 52.6 Å². The number of halogens is 1. The molecule has 1 heterocycles. The number of aryl methyl sites for hydroxylation is 2. The molecule has 21 heavy (non-hydrogen) atoms. The first-order chi connectivity index (χ1) is 10.2. The lowest BCUT2D eigenvalue weighted by Crippen LogP contribution is -2.25. The summed E-state index contributed by atoms with van der Waals surface area (Å²) in [6, 6.07) is 6.55. The van der Waals surface area contributed by atoms with Crippen LogP contribution in [0.1, 0.15) is 43.3 Å². The van der Waals surface area contributed by atoms with Crippen molar-refractivity contribution in [1.29, 1.82) is 0 Å². The Hall–Kier alpha value is -1.32. The lowest BCUT2D eigenvalue weighted by Gasteiger charge is -2.20. The molecule has 1 atom stereocenters. The van der Waals surface area contributed by atoms with Crippen LogP contribution in [0.15, 0.2) is 30.6 Å². The van der Waals surface area contributed by atoms with E-state index in [1.807, 2.05) is 18.5 Å². The lowest BCUT2D eigenvalue weighted by molar-refractivity contribution is 0.506. The molecule has 1 unspecified atom stereocenters. The van der Waals surface area contributed by atoms with Crippen LogP contribution in [0.4, 0.5) is 0 Å². The molecule has 1 N–H and O–H groups in total. The van der Waals surface area contributed by atoms with Gasteiger partial charge in [-0.1, -0.05) is 30.7 Å². The lowest BCUT2D eigenvalue weighted by atomic mass is 10.0. The maximum absolute atomic E-state index is 6.14. The molecule has 0 saturated carbocycles. The minimum absolute atomic E-state index is 0.272. The van der Waals surface area contributed by atoms with Gasteiger partial charge in [-0.15, -0.1) is 0 Å². The van der Waals surface area contributed by atoms with Crippen molar-refractivity contribution in [3.63, 3.8) is 0 Å². The number of imidazole rings is 1. The largest absolute Gasteiger partial charge is 0.335 e. The van der Waals surface area contributed by atoms with Gasteiger partial charge in [0.05, 0.1) is 0 Å². The second-order valence-electron chi connectivity index (χ2n) is 5.35.